The van der Waals surface area contributed by atoms with Crippen LogP contribution in [0.4, 0.5) is 0 Å². The van der Waals surface area contributed by atoms with E-state index < -0.39 is 0 Å². The van der Waals surface area contributed by atoms with Crippen LogP contribution in [0.15, 0.2) is 101 Å². The topological polar surface area (TPSA) is 51.8 Å². The van der Waals surface area contributed by atoms with Gasteiger partial charge in [0.05, 0.1) is 0 Å². The second kappa shape index (κ2) is 9.28. The summed E-state index contributed by atoms with van der Waals surface area (Å²) in [4.78, 5) is 14.4. The molecule has 0 N–H and O–H groups in total. The summed E-state index contributed by atoms with van der Waals surface area (Å²) >= 11 is 0. The van der Waals surface area contributed by atoms with Crippen molar-refractivity contribution in [1.82, 2.24) is 15.0 Å². The highest BCUT2D eigenvalue weighted by molar-refractivity contribution is 6.05. The van der Waals surface area contributed by atoms with Gasteiger partial charge in [0.25, 0.3) is 0 Å². The van der Waals surface area contributed by atoms with Crippen LogP contribution in [0, 0.1) is 6.92 Å². The van der Waals surface area contributed by atoms with Crippen LogP contribution in [0.3, 0.4) is 0 Å². The number of para-hydroxylation sites is 1. The largest absolute Gasteiger partial charge is 0.456 e. The van der Waals surface area contributed by atoms with Gasteiger partial charge in [-0.15, -0.1) is 0 Å². The van der Waals surface area contributed by atoms with Crippen LogP contribution in [0.2, 0.25) is 0 Å². The Balaban J connectivity index is 0.00000117. The van der Waals surface area contributed by atoms with E-state index in [0.29, 0.717) is 17.5 Å². The van der Waals surface area contributed by atoms with Gasteiger partial charge in [-0.3, -0.25) is 0 Å². The first-order valence-corrected chi connectivity index (χ1v) is 11.5. The molecule has 0 saturated heterocycles. The molecule has 0 bridgehead atoms. The van der Waals surface area contributed by atoms with Crippen LogP contribution in [0.1, 0.15) is 19.4 Å². The molecule has 0 aliphatic carbocycles. The Morgan fingerprint density at radius 1 is 0.500 bits per heavy atom. The molecule has 34 heavy (non-hydrogen) atoms. The average molecular weight is 444 g/mol. The zero-order chi connectivity index (χ0) is 23.5. The first kappa shape index (κ1) is 21.5. The molecular formula is C30H25N3O. The van der Waals surface area contributed by atoms with Crippen molar-refractivity contribution in [3.8, 4) is 34.2 Å². The maximum Gasteiger partial charge on any atom is 0.164 e. The van der Waals surface area contributed by atoms with Gasteiger partial charge >= 0.3 is 0 Å². The van der Waals surface area contributed by atoms with E-state index in [0.717, 1.165) is 38.6 Å². The number of aromatic nitrogens is 3. The fraction of sp³-hybridized carbons (Fsp3) is 0.100. The molecule has 0 spiro atoms. The third-order valence-corrected chi connectivity index (χ3v) is 5.61. The molecule has 4 aromatic carbocycles. The molecule has 166 valence electrons. The minimum atomic E-state index is 0.622. The summed E-state index contributed by atoms with van der Waals surface area (Å²) in [7, 11) is 0. The molecule has 2 heterocycles. The van der Waals surface area contributed by atoms with E-state index in [1.54, 1.807) is 0 Å². The highest BCUT2D eigenvalue weighted by atomic mass is 16.3. The predicted octanol–water partition coefficient (Wildman–Crippen LogP) is 8.11. The van der Waals surface area contributed by atoms with E-state index >= 15 is 0 Å². The van der Waals surface area contributed by atoms with Crippen LogP contribution in [-0.4, -0.2) is 15.0 Å². The lowest BCUT2D eigenvalue weighted by Crippen LogP contribution is -2.00. The lowest BCUT2D eigenvalue weighted by atomic mass is 10.1. The summed E-state index contributed by atoms with van der Waals surface area (Å²) in [6.07, 6.45) is 0. The molecular weight excluding hydrogens is 418 g/mol. The number of aryl methyl sites for hydroxylation is 1. The van der Waals surface area contributed by atoms with Crippen molar-refractivity contribution >= 4 is 21.9 Å². The smallest absolute Gasteiger partial charge is 0.164 e. The molecule has 6 aromatic rings. The summed E-state index contributed by atoms with van der Waals surface area (Å²) in [6.45, 7) is 6.07. The van der Waals surface area contributed by atoms with Crippen molar-refractivity contribution < 1.29 is 4.42 Å². The van der Waals surface area contributed by atoms with Gasteiger partial charge in [-0.05, 0) is 25.1 Å². The molecule has 6 rings (SSSR count). The lowest BCUT2D eigenvalue weighted by Gasteiger charge is -2.08. The molecule has 0 fully saturated rings. The van der Waals surface area contributed by atoms with Crippen LogP contribution in [0.25, 0.3) is 56.1 Å². The normalized spacial score (nSPS) is 10.8. The van der Waals surface area contributed by atoms with E-state index in [2.05, 4.69) is 31.2 Å². The van der Waals surface area contributed by atoms with Gasteiger partial charge in [0.15, 0.2) is 17.5 Å². The zero-order valence-electron chi connectivity index (χ0n) is 19.5. The van der Waals surface area contributed by atoms with Crippen molar-refractivity contribution in [2.45, 2.75) is 20.8 Å². The van der Waals surface area contributed by atoms with Crippen LogP contribution >= 0.6 is 0 Å². The SMILES string of the molecule is CC.Cc1ccc(-c2nc(-c3ccccc3)nc(-c3ccc4c(c3)oc3ccccc34)n2)cc1. The van der Waals surface area contributed by atoms with Gasteiger partial charge in [0.2, 0.25) is 0 Å². The highest BCUT2D eigenvalue weighted by Crippen LogP contribution is 2.32. The Labute approximate surface area is 199 Å². The van der Waals surface area contributed by atoms with Crippen LogP contribution in [-0.2, 0) is 0 Å². The van der Waals surface area contributed by atoms with Gasteiger partial charge in [-0.2, -0.15) is 0 Å². The number of rotatable bonds is 3. The Morgan fingerprint density at radius 3 is 1.74 bits per heavy atom. The Kier molecular flexibility index (Phi) is 5.88. The van der Waals surface area contributed by atoms with Gasteiger partial charge in [0, 0.05) is 27.5 Å². The van der Waals surface area contributed by atoms with Gasteiger partial charge in [0.1, 0.15) is 11.2 Å². The van der Waals surface area contributed by atoms with E-state index in [1.807, 2.05) is 86.6 Å². The average Bonchev–Trinajstić information content (AvgIpc) is 3.28. The summed E-state index contributed by atoms with van der Waals surface area (Å²) in [6, 6.07) is 32.4. The second-order valence-electron chi connectivity index (χ2n) is 7.85. The third-order valence-electron chi connectivity index (χ3n) is 5.61. The number of furan rings is 1. The van der Waals surface area contributed by atoms with Gasteiger partial charge < -0.3 is 4.42 Å². The number of hydrogen-bond donors (Lipinski definition) is 0. The van der Waals surface area contributed by atoms with Crippen molar-refractivity contribution in [1.29, 1.82) is 0 Å². The highest BCUT2D eigenvalue weighted by Gasteiger charge is 2.14. The summed E-state index contributed by atoms with van der Waals surface area (Å²) in [5.41, 5.74) is 5.70. The summed E-state index contributed by atoms with van der Waals surface area (Å²) in [5, 5.41) is 2.19. The van der Waals surface area contributed by atoms with Gasteiger partial charge in [-0.1, -0.05) is 98.3 Å². The number of benzene rings is 4. The second-order valence-corrected chi connectivity index (χ2v) is 7.85. The number of hydrogen-bond acceptors (Lipinski definition) is 4. The standard InChI is InChI=1S/C28H19N3O.C2H6/c1-18-11-13-20(14-12-18)27-29-26(19-7-3-2-4-8-19)30-28(31-27)21-15-16-23-22-9-5-6-10-24(22)32-25(23)17-21;1-2/h2-17H,1H3;1-2H3. The van der Waals surface area contributed by atoms with Gasteiger partial charge in [-0.25, -0.2) is 15.0 Å². The minimum Gasteiger partial charge on any atom is -0.456 e. The Hall–Kier alpha value is -4.31. The molecule has 2 aromatic heterocycles. The van der Waals surface area contributed by atoms with Crippen molar-refractivity contribution in [2.75, 3.05) is 0 Å². The van der Waals surface area contributed by atoms with Crippen LogP contribution in [0.5, 0.6) is 0 Å². The molecule has 0 unspecified atom stereocenters. The predicted molar refractivity (Wildman–Crippen MR) is 139 cm³/mol. The van der Waals surface area contributed by atoms with Crippen molar-refractivity contribution in [3.63, 3.8) is 0 Å². The van der Waals surface area contributed by atoms with Crippen LogP contribution < -0.4 is 0 Å². The monoisotopic (exact) mass is 443 g/mol. The molecule has 0 aliphatic rings. The molecule has 0 aliphatic heterocycles. The maximum absolute atomic E-state index is 6.09. The molecule has 0 atom stereocenters. The Bertz CT molecular complexity index is 1570. The maximum atomic E-state index is 6.09. The van der Waals surface area contributed by atoms with Crippen molar-refractivity contribution in [2.24, 2.45) is 0 Å². The van der Waals surface area contributed by atoms with E-state index in [-0.39, 0.29) is 0 Å². The van der Waals surface area contributed by atoms with E-state index in [4.69, 9.17) is 19.4 Å². The molecule has 4 nitrogen and oxygen atoms in total. The quantitative estimate of drug-likeness (QED) is 0.277. The Morgan fingerprint density at radius 2 is 1.03 bits per heavy atom. The third kappa shape index (κ3) is 4.06. The first-order valence-electron chi connectivity index (χ1n) is 11.5. The first-order chi connectivity index (χ1) is 16.7. The summed E-state index contributed by atoms with van der Waals surface area (Å²) in [5.74, 6) is 1.92. The molecule has 0 amide bonds. The number of nitrogens with zero attached hydrogens (tertiary/aromatic N) is 3. The van der Waals surface area contributed by atoms with E-state index in [9.17, 15) is 0 Å². The minimum absolute atomic E-state index is 0.622. The fourth-order valence-corrected chi connectivity index (χ4v) is 3.92. The summed E-state index contributed by atoms with van der Waals surface area (Å²) < 4.78 is 6.09. The zero-order valence-corrected chi connectivity index (χ0v) is 19.5. The molecule has 0 radical (unpaired) electrons. The lowest BCUT2D eigenvalue weighted by molar-refractivity contribution is 0.669. The van der Waals surface area contributed by atoms with Crippen molar-refractivity contribution in [3.05, 3.63) is 103 Å². The van der Waals surface area contributed by atoms with E-state index in [1.165, 1.54) is 5.56 Å². The number of fused-ring (bicyclic) bond motifs is 3. The molecule has 4 heteroatoms. The molecule has 0 saturated carbocycles. The fourth-order valence-electron chi connectivity index (χ4n) is 3.92.